The van der Waals surface area contributed by atoms with E-state index in [1.807, 2.05) is 19.1 Å². The number of nitrogens with one attached hydrogen (secondary N) is 1. The van der Waals surface area contributed by atoms with Crippen molar-refractivity contribution in [2.24, 2.45) is 0 Å². The average Bonchev–Trinajstić information content (AvgIpc) is 2.28. The summed E-state index contributed by atoms with van der Waals surface area (Å²) in [5, 5.41) is 2.74. The third-order valence-electron chi connectivity index (χ3n) is 2.29. The number of nitrogen functional groups attached to an aromatic ring is 1. The smallest absolute Gasteiger partial charge is 0.224 e. The highest BCUT2D eigenvalue weighted by Gasteiger charge is 2.03. The summed E-state index contributed by atoms with van der Waals surface area (Å²) in [7, 11) is -0.828. The molecule has 94 valence electrons. The molecule has 0 aliphatic rings. The predicted octanol–water partition coefficient (Wildman–Crippen LogP) is 0.696. The molecule has 4 nitrogen and oxygen atoms in total. The third-order valence-corrected chi connectivity index (χ3v) is 3.59. The van der Waals surface area contributed by atoms with Gasteiger partial charge in [-0.25, -0.2) is 0 Å². The van der Waals surface area contributed by atoms with Gasteiger partial charge in [0.1, 0.15) is 0 Å². The highest BCUT2D eigenvalue weighted by atomic mass is 32.2. The molecule has 0 aliphatic carbocycles. The molecule has 1 rings (SSSR count). The van der Waals surface area contributed by atoms with E-state index in [1.54, 1.807) is 12.1 Å². The first kappa shape index (κ1) is 13.7. The van der Waals surface area contributed by atoms with E-state index in [-0.39, 0.29) is 5.91 Å². The zero-order chi connectivity index (χ0) is 12.7. The van der Waals surface area contributed by atoms with Crippen LogP contribution in [0.5, 0.6) is 0 Å². The zero-order valence-electron chi connectivity index (χ0n) is 9.94. The summed E-state index contributed by atoms with van der Waals surface area (Å²) in [5.74, 6) is 1.08. The van der Waals surface area contributed by atoms with Crippen LogP contribution in [0.25, 0.3) is 0 Å². The maximum Gasteiger partial charge on any atom is 0.224 e. The molecular formula is C12H18N2O2S. The van der Waals surface area contributed by atoms with Crippen molar-refractivity contribution in [3.05, 3.63) is 29.8 Å². The first-order chi connectivity index (χ1) is 8.11. The largest absolute Gasteiger partial charge is 0.399 e. The maximum atomic E-state index is 11.5. The minimum atomic E-state index is -0.828. The normalized spacial score (nSPS) is 12.1. The third kappa shape index (κ3) is 5.49. The number of rotatable bonds is 6. The van der Waals surface area contributed by atoms with Crippen LogP contribution in [0.3, 0.4) is 0 Å². The van der Waals surface area contributed by atoms with Gasteiger partial charge in [-0.3, -0.25) is 9.00 Å². The topological polar surface area (TPSA) is 72.2 Å². The van der Waals surface area contributed by atoms with Gasteiger partial charge in [0, 0.05) is 34.5 Å². The second kappa shape index (κ2) is 7.06. The van der Waals surface area contributed by atoms with E-state index < -0.39 is 10.8 Å². The summed E-state index contributed by atoms with van der Waals surface area (Å²) in [6.07, 6.45) is 0.309. The quantitative estimate of drug-likeness (QED) is 0.734. The van der Waals surface area contributed by atoms with Crippen molar-refractivity contribution < 1.29 is 9.00 Å². The van der Waals surface area contributed by atoms with Crippen molar-refractivity contribution in [3.63, 3.8) is 0 Å². The van der Waals surface area contributed by atoms with E-state index in [1.165, 1.54) is 0 Å². The molecule has 0 spiro atoms. The lowest BCUT2D eigenvalue weighted by Gasteiger charge is -2.05. The van der Waals surface area contributed by atoms with Crippen molar-refractivity contribution in [1.82, 2.24) is 5.32 Å². The Labute approximate surface area is 104 Å². The van der Waals surface area contributed by atoms with E-state index in [0.29, 0.717) is 30.2 Å². The van der Waals surface area contributed by atoms with Crippen LogP contribution < -0.4 is 11.1 Å². The minimum Gasteiger partial charge on any atom is -0.399 e. The molecule has 0 saturated heterocycles. The number of anilines is 1. The number of benzene rings is 1. The van der Waals surface area contributed by atoms with Gasteiger partial charge in [0.05, 0.1) is 6.42 Å². The van der Waals surface area contributed by atoms with Crippen LogP contribution in [0.1, 0.15) is 12.5 Å². The second-order valence-corrected chi connectivity index (χ2v) is 5.57. The van der Waals surface area contributed by atoms with Crippen LogP contribution in [0, 0.1) is 0 Å². The molecular weight excluding hydrogens is 236 g/mol. The number of nitrogens with two attached hydrogens (primary N) is 1. The molecule has 1 amide bonds. The van der Waals surface area contributed by atoms with Gasteiger partial charge in [-0.1, -0.05) is 19.1 Å². The Kier molecular flexibility index (Phi) is 5.69. The molecule has 0 heterocycles. The fourth-order valence-corrected chi connectivity index (χ4v) is 2.02. The summed E-state index contributed by atoms with van der Waals surface area (Å²) >= 11 is 0. The highest BCUT2D eigenvalue weighted by Crippen LogP contribution is 2.06. The summed E-state index contributed by atoms with van der Waals surface area (Å²) in [6.45, 7) is 2.33. The molecule has 1 aromatic rings. The second-order valence-electron chi connectivity index (χ2n) is 3.70. The number of hydrogen-bond acceptors (Lipinski definition) is 3. The van der Waals surface area contributed by atoms with Gasteiger partial charge >= 0.3 is 0 Å². The van der Waals surface area contributed by atoms with Crippen LogP contribution >= 0.6 is 0 Å². The molecule has 0 saturated carbocycles. The summed E-state index contributed by atoms with van der Waals surface area (Å²) in [4.78, 5) is 11.5. The number of carbonyl (C=O) groups excluding carboxylic acids is 1. The fourth-order valence-electron chi connectivity index (χ4n) is 1.40. The van der Waals surface area contributed by atoms with Crippen LogP contribution in [-0.4, -0.2) is 28.2 Å². The van der Waals surface area contributed by atoms with Crippen LogP contribution in [0.2, 0.25) is 0 Å². The first-order valence-electron chi connectivity index (χ1n) is 5.58. The SMILES string of the molecule is CCS(=O)CCNC(=O)Cc1cccc(N)c1. The van der Waals surface area contributed by atoms with Crippen LogP contribution in [0.15, 0.2) is 24.3 Å². The van der Waals surface area contributed by atoms with Crippen molar-refractivity contribution in [1.29, 1.82) is 0 Å². The minimum absolute atomic E-state index is 0.0660. The molecule has 1 atom stereocenters. The molecule has 0 bridgehead atoms. The van der Waals surface area contributed by atoms with E-state index >= 15 is 0 Å². The van der Waals surface area contributed by atoms with E-state index in [2.05, 4.69) is 5.32 Å². The lowest BCUT2D eigenvalue weighted by Crippen LogP contribution is -2.29. The molecule has 1 unspecified atom stereocenters. The monoisotopic (exact) mass is 254 g/mol. The highest BCUT2D eigenvalue weighted by molar-refractivity contribution is 7.84. The van der Waals surface area contributed by atoms with Crippen molar-refractivity contribution in [2.75, 3.05) is 23.8 Å². The molecule has 17 heavy (non-hydrogen) atoms. The number of hydrogen-bond donors (Lipinski definition) is 2. The van der Waals surface area contributed by atoms with Gasteiger partial charge < -0.3 is 11.1 Å². The molecule has 3 N–H and O–H groups in total. The Morgan fingerprint density at radius 3 is 2.88 bits per heavy atom. The molecule has 0 fully saturated rings. The fraction of sp³-hybridized carbons (Fsp3) is 0.417. The van der Waals surface area contributed by atoms with Gasteiger partial charge in [-0.2, -0.15) is 0 Å². The van der Waals surface area contributed by atoms with Gasteiger partial charge in [-0.05, 0) is 17.7 Å². The Morgan fingerprint density at radius 2 is 2.24 bits per heavy atom. The van der Waals surface area contributed by atoms with E-state index in [9.17, 15) is 9.00 Å². The van der Waals surface area contributed by atoms with Gasteiger partial charge in [-0.15, -0.1) is 0 Å². The molecule has 5 heteroatoms. The molecule has 1 aromatic carbocycles. The van der Waals surface area contributed by atoms with Crippen molar-refractivity contribution in [2.45, 2.75) is 13.3 Å². The van der Waals surface area contributed by atoms with Crippen LogP contribution in [0.4, 0.5) is 5.69 Å². The predicted molar refractivity (Wildman–Crippen MR) is 71.1 cm³/mol. The van der Waals surface area contributed by atoms with Crippen LogP contribution in [-0.2, 0) is 22.0 Å². The Morgan fingerprint density at radius 1 is 1.47 bits per heavy atom. The number of amides is 1. The Hall–Kier alpha value is -1.36. The average molecular weight is 254 g/mol. The van der Waals surface area contributed by atoms with Gasteiger partial charge in [0.15, 0.2) is 0 Å². The van der Waals surface area contributed by atoms with Crippen molar-refractivity contribution >= 4 is 22.4 Å². The molecule has 0 aliphatic heterocycles. The van der Waals surface area contributed by atoms with E-state index in [0.717, 1.165) is 5.56 Å². The van der Waals surface area contributed by atoms with Crippen molar-refractivity contribution in [3.8, 4) is 0 Å². The molecule has 0 aromatic heterocycles. The van der Waals surface area contributed by atoms with Gasteiger partial charge in [0.25, 0.3) is 0 Å². The maximum absolute atomic E-state index is 11.5. The zero-order valence-corrected chi connectivity index (χ0v) is 10.8. The number of carbonyl (C=O) groups is 1. The standard InChI is InChI=1S/C12H18N2O2S/c1-2-17(16)7-6-14-12(15)9-10-4-3-5-11(13)8-10/h3-5,8H,2,6-7,9,13H2,1H3,(H,14,15). The first-order valence-corrected chi connectivity index (χ1v) is 7.06. The van der Waals surface area contributed by atoms with E-state index in [4.69, 9.17) is 5.73 Å². The summed E-state index contributed by atoms with van der Waals surface area (Å²) in [5.41, 5.74) is 7.16. The summed E-state index contributed by atoms with van der Waals surface area (Å²) < 4.78 is 11.1. The summed E-state index contributed by atoms with van der Waals surface area (Å²) in [6, 6.07) is 7.25. The molecule has 0 radical (unpaired) electrons. The Bertz CT molecular complexity index is 407. The lowest BCUT2D eigenvalue weighted by atomic mass is 10.1. The Balaban J connectivity index is 2.32. The lowest BCUT2D eigenvalue weighted by molar-refractivity contribution is -0.120. The van der Waals surface area contributed by atoms with Gasteiger partial charge in [0.2, 0.25) is 5.91 Å².